The Morgan fingerprint density at radius 1 is 1.21 bits per heavy atom. The van der Waals surface area contributed by atoms with Crippen molar-refractivity contribution in [2.75, 3.05) is 19.8 Å². The van der Waals surface area contributed by atoms with Crippen molar-refractivity contribution in [1.29, 1.82) is 0 Å². The SMILES string of the molecule is CC(=O)N1N=C(c2ccc(OCC3=NCCO3)cc2)CC1c1ccc(Cl)cc1. The summed E-state index contributed by atoms with van der Waals surface area (Å²) in [7, 11) is 0. The standard InChI is InChI=1S/C21H20ClN3O3/c1-14(26)25-20(16-2-6-17(22)7-3-16)12-19(24-25)15-4-8-18(9-5-15)28-13-21-23-10-11-27-21/h2-9,20H,10-13H2,1H3. The molecule has 2 heterocycles. The van der Waals surface area contributed by atoms with Crippen LogP contribution in [0.1, 0.15) is 30.5 Å². The minimum atomic E-state index is -0.127. The quantitative estimate of drug-likeness (QED) is 0.769. The second-order valence-electron chi connectivity index (χ2n) is 6.62. The molecule has 7 heteroatoms. The van der Waals surface area contributed by atoms with E-state index in [1.165, 1.54) is 6.92 Å². The van der Waals surface area contributed by atoms with Crippen LogP contribution in [-0.2, 0) is 9.53 Å². The third-order valence-electron chi connectivity index (χ3n) is 4.69. The Bertz CT molecular complexity index is 923. The lowest BCUT2D eigenvalue weighted by Crippen LogP contribution is -2.24. The summed E-state index contributed by atoms with van der Waals surface area (Å²) in [5.41, 5.74) is 2.84. The highest BCUT2D eigenvalue weighted by molar-refractivity contribution is 6.30. The highest BCUT2D eigenvalue weighted by Gasteiger charge is 2.31. The molecule has 0 fully saturated rings. The Hall–Kier alpha value is -2.86. The van der Waals surface area contributed by atoms with Crippen LogP contribution in [0.5, 0.6) is 5.75 Å². The fourth-order valence-corrected chi connectivity index (χ4v) is 3.40. The molecule has 0 saturated carbocycles. The summed E-state index contributed by atoms with van der Waals surface area (Å²) in [5.74, 6) is 1.28. The number of carbonyl (C=O) groups excluding carboxylic acids is 1. The zero-order valence-corrected chi connectivity index (χ0v) is 16.2. The maximum Gasteiger partial charge on any atom is 0.240 e. The van der Waals surface area contributed by atoms with Crippen molar-refractivity contribution in [2.24, 2.45) is 10.1 Å². The van der Waals surface area contributed by atoms with Crippen LogP contribution < -0.4 is 4.74 Å². The topological polar surface area (TPSA) is 63.5 Å². The fraction of sp³-hybridized carbons (Fsp3) is 0.286. The molecule has 6 nitrogen and oxygen atoms in total. The molecule has 0 spiro atoms. The smallest absolute Gasteiger partial charge is 0.240 e. The molecule has 2 aromatic carbocycles. The highest BCUT2D eigenvalue weighted by atomic mass is 35.5. The average molecular weight is 398 g/mol. The van der Waals surface area contributed by atoms with Crippen molar-refractivity contribution >= 4 is 29.1 Å². The van der Waals surface area contributed by atoms with Crippen LogP contribution >= 0.6 is 11.6 Å². The van der Waals surface area contributed by atoms with Gasteiger partial charge < -0.3 is 9.47 Å². The molecule has 1 atom stereocenters. The van der Waals surface area contributed by atoms with Crippen molar-refractivity contribution < 1.29 is 14.3 Å². The zero-order chi connectivity index (χ0) is 19.5. The Labute approximate surface area is 168 Å². The number of aliphatic imine (C=N–C) groups is 1. The van der Waals surface area contributed by atoms with E-state index in [-0.39, 0.29) is 11.9 Å². The molecule has 2 aromatic rings. The normalized spacial score (nSPS) is 18.5. The van der Waals surface area contributed by atoms with Gasteiger partial charge in [0.25, 0.3) is 0 Å². The third kappa shape index (κ3) is 4.02. The fourth-order valence-electron chi connectivity index (χ4n) is 3.27. The van der Waals surface area contributed by atoms with Crippen LogP contribution in [-0.4, -0.2) is 42.3 Å². The minimum absolute atomic E-state index is 0.0905. The van der Waals surface area contributed by atoms with E-state index in [0.29, 0.717) is 37.1 Å². The molecule has 0 radical (unpaired) electrons. The lowest BCUT2D eigenvalue weighted by atomic mass is 9.98. The van der Waals surface area contributed by atoms with Gasteiger partial charge in [0, 0.05) is 18.4 Å². The first-order valence-electron chi connectivity index (χ1n) is 9.12. The summed E-state index contributed by atoms with van der Waals surface area (Å²) in [6.07, 6.45) is 0.645. The molecule has 4 rings (SSSR count). The van der Waals surface area contributed by atoms with E-state index in [9.17, 15) is 4.79 Å². The van der Waals surface area contributed by atoms with E-state index in [1.807, 2.05) is 48.5 Å². The number of ether oxygens (including phenoxy) is 2. The Kier molecular flexibility index (Phi) is 5.30. The van der Waals surface area contributed by atoms with Gasteiger partial charge in [-0.3, -0.25) is 4.79 Å². The molecule has 2 aliphatic rings. The number of amides is 1. The Morgan fingerprint density at radius 3 is 2.61 bits per heavy atom. The zero-order valence-electron chi connectivity index (χ0n) is 15.5. The number of hydrazone groups is 1. The lowest BCUT2D eigenvalue weighted by molar-refractivity contribution is -0.130. The second-order valence-corrected chi connectivity index (χ2v) is 7.06. The first kappa shape index (κ1) is 18.5. The van der Waals surface area contributed by atoms with Gasteiger partial charge in [-0.1, -0.05) is 23.7 Å². The largest absolute Gasteiger partial charge is 0.484 e. The third-order valence-corrected chi connectivity index (χ3v) is 4.94. The van der Waals surface area contributed by atoms with Gasteiger partial charge in [0.05, 0.1) is 18.3 Å². The van der Waals surface area contributed by atoms with Crippen LogP contribution in [0.2, 0.25) is 5.02 Å². The number of rotatable bonds is 5. The number of carbonyl (C=O) groups is 1. The van der Waals surface area contributed by atoms with Crippen LogP contribution in [0.4, 0.5) is 0 Å². The molecule has 0 saturated heterocycles. The van der Waals surface area contributed by atoms with Crippen LogP contribution in [0, 0.1) is 0 Å². The molecule has 0 aliphatic carbocycles. The first-order valence-corrected chi connectivity index (χ1v) is 9.50. The van der Waals surface area contributed by atoms with Crippen LogP contribution in [0.25, 0.3) is 0 Å². The van der Waals surface area contributed by atoms with Crippen LogP contribution in [0.3, 0.4) is 0 Å². The molecular formula is C21H20ClN3O3. The summed E-state index contributed by atoms with van der Waals surface area (Å²) in [4.78, 5) is 16.3. The summed E-state index contributed by atoms with van der Waals surface area (Å²) >= 11 is 5.99. The van der Waals surface area contributed by atoms with Gasteiger partial charge >= 0.3 is 0 Å². The predicted octanol–water partition coefficient (Wildman–Crippen LogP) is 3.85. The van der Waals surface area contributed by atoms with Crippen molar-refractivity contribution in [2.45, 2.75) is 19.4 Å². The van der Waals surface area contributed by atoms with Gasteiger partial charge in [0.1, 0.15) is 12.4 Å². The van der Waals surface area contributed by atoms with E-state index in [2.05, 4.69) is 10.1 Å². The van der Waals surface area contributed by atoms with E-state index in [1.54, 1.807) is 5.01 Å². The van der Waals surface area contributed by atoms with Gasteiger partial charge in [0.2, 0.25) is 11.8 Å². The first-order chi connectivity index (χ1) is 13.6. The highest BCUT2D eigenvalue weighted by Crippen LogP contribution is 2.33. The molecular weight excluding hydrogens is 378 g/mol. The Morgan fingerprint density at radius 2 is 1.96 bits per heavy atom. The van der Waals surface area contributed by atoms with Gasteiger partial charge in [-0.05, 0) is 47.5 Å². The predicted molar refractivity (Wildman–Crippen MR) is 108 cm³/mol. The maximum atomic E-state index is 12.1. The summed E-state index contributed by atoms with van der Waals surface area (Å²) in [6.45, 7) is 3.18. The number of hydrogen-bond acceptors (Lipinski definition) is 5. The molecule has 0 bridgehead atoms. The van der Waals surface area contributed by atoms with Crippen LogP contribution in [0.15, 0.2) is 58.6 Å². The van der Waals surface area contributed by atoms with Gasteiger partial charge in [-0.15, -0.1) is 0 Å². The molecule has 0 aromatic heterocycles. The molecule has 144 valence electrons. The van der Waals surface area contributed by atoms with Crippen molar-refractivity contribution in [1.82, 2.24) is 5.01 Å². The number of hydrogen-bond donors (Lipinski definition) is 0. The minimum Gasteiger partial charge on any atom is -0.484 e. The molecule has 28 heavy (non-hydrogen) atoms. The van der Waals surface area contributed by atoms with E-state index in [4.69, 9.17) is 21.1 Å². The van der Waals surface area contributed by atoms with Crippen molar-refractivity contribution in [3.8, 4) is 5.75 Å². The molecule has 0 N–H and O–H groups in total. The average Bonchev–Trinajstić information content (AvgIpc) is 3.37. The molecule has 1 unspecified atom stereocenters. The van der Waals surface area contributed by atoms with Gasteiger partial charge in [0.15, 0.2) is 6.61 Å². The summed E-state index contributed by atoms with van der Waals surface area (Å²) in [5, 5.41) is 6.77. The number of halogens is 1. The second kappa shape index (κ2) is 8.02. The van der Waals surface area contributed by atoms with Crippen molar-refractivity contribution in [3.05, 3.63) is 64.7 Å². The van der Waals surface area contributed by atoms with Gasteiger partial charge in [-0.25, -0.2) is 10.0 Å². The van der Waals surface area contributed by atoms with Gasteiger partial charge in [-0.2, -0.15) is 5.10 Å². The van der Waals surface area contributed by atoms with Crippen molar-refractivity contribution in [3.63, 3.8) is 0 Å². The number of benzene rings is 2. The van der Waals surface area contributed by atoms with E-state index in [0.717, 1.165) is 22.6 Å². The molecule has 2 aliphatic heterocycles. The summed E-state index contributed by atoms with van der Waals surface area (Å²) in [6, 6.07) is 15.1. The Balaban J connectivity index is 1.48. The number of nitrogens with zero attached hydrogens (tertiary/aromatic N) is 3. The van der Waals surface area contributed by atoms with E-state index < -0.39 is 0 Å². The monoisotopic (exact) mass is 397 g/mol. The summed E-state index contributed by atoms with van der Waals surface area (Å²) < 4.78 is 11.0. The maximum absolute atomic E-state index is 12.1. The lowest BCUT2D eigenvalue weighted by Gasteiger charge is -2.20. The molecule has 1 amide bonds. The van der Waals surface area contributed by atoms with E-state index >= 15 is 0 Å².